The van der Waals surface area contributed by atoms with Crippen LogP contribution in [0.25, 0.3) is 0 Å². The molecule has 88 valence electrons. The zero-order valence-corrected chi connectivity index (χ0v) is 9.97. The van der Waals surface area contributed by atoms with Crippen LogP contribution in [-0.4, -0.2) is 12.3 Å². The number of azo groups is 1. The minimum atomic E-state index is 0.666. The van der Waals surface area contributed by atoms with Gasteiger partial charge in [0.1, 0.15) is 11.4 Å². The molecule has 1 aromatic carbocycles. The van der Waals surface area contributed by atoms with Crippen LogP contribution in [0, 0.1) is 13.8 Å². The summed E-state index contributed by atoms with van der Waals surface area (Å²) >= 11 is 0. The van der Waals surface area contributed by atoms with Gasteiger partial charge in [-0.15, -0.1) is 5.11 Å². The molecule has 0 atom stereocenters. The third kappa shape index (κ3) is 2.50. The monoisotopic (exact) mass is 231 g/mol. The Hall–Kier alpha value is -2.17. The number of aryl methyl sites for hydroxylation is 2. The van der Waals surface area contributed by atoms with E-state index in [1.807, 2.05) is 38.1 Å². The topological polar surface area (TPSA) is 60.0 Å². The first-order valence-electron chi connectivity index (χ1n) is 5.19. The Labute approximate surface area is 99.1 Å². The van der Waals surface area contributed by atoms with Gasteiger partial charge >= 0.3 is 0 Å². The SMILES string of the molecule is COc1ccc(/N=N/c2c(C)noc2C)cc1. The molecule has 0 unspecified atom stereocenters. The molecular formula is C12H13N3O2. The summed E-state index contributed by atoms with van der Waals surface area (Å²) in [6, 6.07) is 7.34. The molecule has 0 saturated carbocycles. The summed E-state index contributed by atoms with van der Waals surface area (Å²) in [6.45, 7) is 3.64. The van der Waals surface area contributed by atoms with Crippen molar-refractivity contribution in [2.24, 2.45) is 10.2 Å². The maximum absolute atomic E-state index is 5.06. The van der Waals surface area contributed by atoms with Crippen molar-refractivity contribution in [2.75, 3.05) is 7.11 Å². The molecule has 0 aliphatic heterocycles. The molecule has 5 heteroatoms. The highest BCUT2D eigenvalue weighted by molar-refractivity contribution is 5.45. The molecule has 1 aromatic heterocycles. The second-order valence-electron chi connectivity index (χ2n) is 3.57. The van der Waals surface area contributed by atoms with Crippen molar-refractivity contribution in [2.45, 2.75) is 13.8 Å². The van der Waals surface area contributed by atoms with E-state index in [2.05, 4.69) is 15.4 Å². The van der Waals surface area contributed by atoms with Gasteiger partial charge in [0, 0.05) is 0 Å². The zero-order valence-electron chi connectivity index (χ0n) is 9.97. The lowest BCUT2D eigenvalue weighted by Crippen LogP contribution is -1.79. The van der Waals surface area contributed by atoms with Gasteiger partial charge in [0.05, 0.1) is 12.8 Å². The number of hydrogen-bond donors (Lipinski definition) is 0. The molecular weight excluding hydrogens is 218 g/mol. The molecule has 2 rings (SSSR count). The van der Waals surface area contributed by atoms with Gasteiger partial charge in [0.25, 0.3) is 0 Å². The fraction of sp³-hybridized carbons (Fsp3) is 0.250. The van der Waals surface area contributed by atoms with Crippen LogP contribution in [0.2, 0.25) is 0 Å². The molecule has 0 spiro atoms. The van der Waals surface area contributed by atoms with Crippen LogP contribution >= 0.6 is 0 Å². The largest absolute Gasteiger partial charge is 0.497 e. The second-order valence-corrected chi connectivity index (χ2v) is 3.57. The average molecular weight is 231 g/mol. The minimum absolute atomic E-state index is 0.666. The maximum Gasteiger partial charge on any atom is 0.161 e. The van der Waals surface area contributed by atoms with Gasteiger partial charge in [-0.05, 0) is 38.1 Å². The molecule has 0 aliphatic carbocycles. The van der Waals surface area contributed by atoms with Crippen molar-refractivity contribution in [3.63, 3.8) is 0 Å². The Bertz CT molecular complexity index is 510. The summed E-state index contributed by atoms with van der Waals surface area (Å²) in [4.78, 5) is 0. The number of aromatic nitrogens is 1. The van der Waals surface area contributed by atoms with Crippen LogP contribution < -0.4 is 4.74 Å². The number of ether oxygens (including phenoxy) is 1. The molecule has 0 amide bonds. The van der Waals surface area contributed by atoms with Gasteiger partial charge in [-0.2, -0.15) is 5.11 Å². The van der Waals surface area contributed by atoms with E-state index >= 15 is 0 Å². The lowest BCUT2D eigenvalue weighted by atomic mass is 10.3. The van der Waals surface area contributed by atoms with Crippen molar-refractivity contribution in [3.05, 3.63) is 35.7 Å². The summed E-state index contributed by atoms with van der Waals surface area (Å²) in [5, 5.41) is 12.0. The summed E-state index contributed by atoms with van der Waals surface area (Å²) < 4.78 is 10.1. The van der Waals surface area contributed by atoms with E-state index in [1.165, 1.54) is 0 Å². The summed E-state index contributed by atoms with van der Waals surface area (Å²) in [6.07, 6.45) is 0. The summed E-state index contributed by atoms with van der Waals surface area (Å²) in [5.41, 5.74) is 2.17. The molecule has 0 saturated heterocycles. The van der Waals surface area contributed by atoms with Crippen LogP contribution in [0.1, 0.15) is 11.5 Å². The van der Waals surface area contributed by atoms with Crippen molar-refractivity contribution in [3.8, 4) is 5.75 Å². The summed E-state index contributed by atoms with van der Waals surface area (Å²) in [5.74, 6) is 1.46. The highest BCUT2D eigenvalue weighted by atomic mass is 16.5. The highest BCUT2D eigenvalue weighted by Crippen LogP contribution is 2.25. The van der Waals surface area contributed by atoms with Gasteiger partial charge in [0.2, 0.25) is 0 Å². The smallest absolute Gasteiger partial charge is 0.161 e. The van der Waals surface area contributed by atoms with Gasteiger partial charge in [-0.3, -0.25) is 0 Å². The lowest BCUT2D eigenvalue weighted by molar-refractivity contribution is 0.393. The van der Waals surface area contributed by atoms with Crippen molar-refractivity contribution < 1.29 is 9.26 Å². The van der Waals surface area contributed by atoms with E-state index in [9.17, 15) is 0 Å². The molecule has 2 aromatic rings. The summed E-state index contributed by atoms with van der Waals surface area (Å²) in [7, 11) is 1.63. The number of hydrogen-bond acceptors (Lipinski definition) is 5. The Kier molecular flexibility index (Phi) is 3.18. The maximum atomic E-state index is 5.06. The van der Waals surface area contributed by atoms with Gasteiger partial charge in [0.15, 0.2) is 11.4 Å². The standard InChI is InChI=1S/C12H13N3O2/c1-8-12(9(2)17-15-8)14-13-10-4-6-11(16-3)7-5-10/h4-7H,1-3H3/b14-13+. The van der Waals surface area contributed by atoms with E-state index in [4.69, 9.17) is 9.26 Å². The van der Waals surface area contributed by atoms with Crippen LogP contribution in [0.5, 0.6) is 5.75 Å². The molecule has 0 radical (unpaired) electrons. The first kappa shape index (κ1) is 11.3. The van der Waals surface area contributed by atoms with E-state index < -0.39 is 0 Å². The quantitative estimate of drug-likeness (QED) is 0.756. The normalized spacial score (nSPS) is 11.0. The first-order valence-corrected chi connectivity index (χ1v) is 5.19. The third-order valence-corrected chi connectivity index (χ3v) is 2.33. The predicted molar refractivity (Wildman–Crippen MR) is 63.1 cm³/mol. The van der Waals surface area contributed by atoms with Gasteiger partial charge in [-0.25, -0.2) is 0 Å². The molecule has 0 aliphatic rings. The van der Waals surface area contributed by atoms with E-state index in [0.717, 1.165) is 17.1 Å². The molecule has 0 fully saturated rings. The van der Waals surface area contributed by atoms with E-state index in [0.29, 0.717) is 11.4 Å². The Morgan fingerprint density at radius 1 is 1.12 bits per heavy atom. The molecule has 0 N–H and O–H groups in total. The van der Waals surface area contributed by atoms with E-state index in [-0.39, 0.29) is 0 Å². The number of rotatable bonds is 3. The van der Waals surface area contributed by atoms with Crippen LogP contribution in [0.3, 0.4) is 0 Å². The Morgan fingerprint density at radius 3 is 2.35 bits per heavy atom. The molecule has 0 bridgehead atoms. The third-order valence-electron chi connectivity index (χ3n) is 2.33. The highest BCUT2D eigenvalue weighted by Gasteiger charge is 2.07. The van der Waals surface area contributed by atoms with E-state index in [1.54, 1.807) is 7.11 Å². The van der Waals surface area contributed by atoms with Gasteiger partial charge < -0.3 is 9.26 Å². The van der Waals surface area contributed by atoms with Crippen LogP contribution in [0.15, 0.2) is 39.0 Å². The van der Waals surface area contributed by atoms with Crippen molar-refractivity contribution >= 4 is 11.4 Å². The fourth-order valence-electron chi connectivity index (χ4n) is 1.38. The average Bonchev–Trinajstić information content (AvgIpc) is 2.67. The second kappa shape index (κ2) is 4.78. The number of benzene rings is 1. The number of methoxy groups -OCH3 is 1. The molecule has 5 nitrogen and oxygen atoms in total. The first-order chi connectivity index (χ1) is 8.20. The zero-order chi connectivity index (χ0) is 12.3. The Balaban J connectivity index is 2.20. The minimum Gasteiger partial charge on any atom is -0.497 e. The molecule has 17 heavy (non-hydrogen) atoms. The lowest BCUT2D eigenvalue weighted by Gasteiger charge is -1.97. The van der Waals surface area contributed by atoms with Crippen molar-refractivity contribution in [1.29, 1.82) is 0 Å². The fourth-order valence-corrected chi connectivity index (χ4v) is 1.38. The van der Waals surface area contributed by atoms with Crippen LogP contribution in [-0.2, 0) is 0 Å². The predicted octanol–water partition coefficient (Wildman–Crippen LogP) is 3.72. The number of nitrogens with zero attached hydrogens (tertiary/aromatic N) is 3. The van der Waals surface area contributed by atoms with Crippen molar-refractivity contribution in [1.82, 2.24) is 5.16 Å². The molecule has 1 heterocycles. The van der Waals surface area contributed by atoms with Gasteiger partial charge in [-0.1, -0.05) is 5.16 Å². The Morgan fingerprint density at radius 2 is 1.82 bits per heavy atom. The van der Waals surface area contributed by atoms with Crippen LogP contribution in [0.4, 0.5) is 11.4 Å².